The molecule has 3 nitrogen and oxygen atoms in total. The molecule has 1 aromatic carbocycles. The number of benzene rings is 1. The Labute approximate surface area is 105 Å². The lowest BCUT2D eigenvalue weighted by atomic mass is 10.2. The van der Waals surface area contributed by atoms with Crippen LogP contribution in [0.1, 0.15) is 17.0 Å². The number of nitrogens with zero attached hydrogens (tertiary/aromatic N) is 1. The van der Waals surface area contributed by atoms with E-state index in [9.17, 15) is 9.50 Å². The second kappa shape index (κ2) is 5.04. The lowest BCUT2D eigenvalue weighted by Crippen LogP contribution is -2.03. The molecule has 0 radical (unpaired) electrons. The van der Waals surface area contributed by atoms with E-state index < -0.39 is 0 Å². The molecule has 94 valence electrons. The lowest BCUT2D eigenvalue weighted by molar-refractivity contribution is 0.464. The Morgan fingerprint density at radius 2 is 2.00 bits per heavy atom. The third-order valence-corrected chi connectivity index (χ3v) is 2.71. The zero-order chi connectivity index (χ0) is 13.1. The van der Waals surface area contributed by atoms with Gasteiger partial charge in [-0.1, -0.05) is 0 Å². The van der Waals surface area contributed by atoms with Crippen molar-refractivity contribution < 1.29 is 9.50 Å². The van der Waals surface area contributed by atoms with Crippen LogP contribution < -0.4 is 5.32 Å². The van der Waals surface area contributed by atoms with Crippen molar-refractivity contribution >= 4 is 5.69 Å². The number of aromatic hydroxyl groups is 1. The van der Waals surface area contributed by atoms with Crippen molar-refractivity contribution in [2.45, 2.75) is 20.4 Å². The number of nitrogens with one attached hydrogen (secondary N) is 1. The maximum atomic E-state index is 13.1. The van der Waals surface area contributed by atoms with Crippen molar-refractivity contribution in [3.63, 3.8) is 0 Å². The zero-order valence-corrected chi connectivity index (χ0v) is 10.4. The van der Waals surface area contributed by atoms with Gasteiger partial charge in [0.1, 0.15) is 17.3 Å². The first-order valence-corrected chi connectivity index (χ1v) is 5.72. The number of rotatable bonds is 3. The summed E-state index contributed by atoms with van der Waals surface area (Å²) < 4.78 is 13.1. The third kappa shape index (κ3) is 2.77. The van der Waals surface area contributed by atoms with E-state index in [2.05, 4.69) is 10.3 Å². The maximum Gasteiger partial charge on any atom is 0.138 e. The van der Waals surface area contributed by atoms with Gasteiger partial charge in [-0.05, 0) is 49.7 Å². The van der Waals surface area contributed by atoms with E-state index in [0.29, 0.717) is 17.8 Å². The van der Waals surface area contributed by atoms with Crippen LogP contribution in [0.3, 0.4) is 0 Å². The van der Waals surface area contributed by atoms with Crippen molar-refractivity contribution in [2.24, 2.45) is 0 Å². The summed E-state index contributed by atoms with van der Waals surface area (Å²) in [5, 5.41) is 12.8. The SMILES string of the molecule is Cc1ccc(O)c(CNc2ccc(F)c(C)c2)n1. The summed E-state index contributed by atoms with van der Waals surface area (Å²) in [5.41, 5.74) is 2.81. The van der Waals surface area contributed by atoms with E-state index in [1.165, 1.54) is 6.07 Å². The number of hydrogen-bond acceptors (Lipinski definition) is 3. The molecular weight excluding hydrogens is 231 g/mol. The van der Waals surface area contributed by atoms with Crippen molar-refractivity contribution in [1.82, 2.24) is 4.98 Å². The molecule has 18 heavy (non-hydrogen) atoms. The Kier molecular flexibility index (Phi) is 3.46. The zero-order valence-electron chi connectivity index (χ0n) is 10.4. The average Bonchev–Trinajstić information content (AvgIpc) is 2.34. The van der Waals surface area contributed by atoms with Crippen LogP contribution in [0.5, 0.6) is 5.75 Å². The average molecular weight is 246 g/mol. The minimum atomic E-state index is -0.225. The quantitative estimate of drug-likeness (QED) is 0.874. The minimum Gasteiger partial charge on any atom is -0.506 e. The second-order valence-corrected chi connectivity index (χ2v) is 4.24. The van der Waals surface area contributed by atoms with Crippen molar-refractivity contribution in [2.75, 3.05) is 5.32 Å². The number of hydrogen-bond donors (Lipinski definition) is 2. The van der Waals surface area contributed by atoms with Crippen molar-refractivity contribution in [1.29, 1.82) is 0 Å². The molecule has 1 heterocycles. The molecule has 0 aliphatic rings. The Morgan fingerprint density at radius 1 is 1.22 bits per heavy atom. The fourth-order valence-corrected chi connectivity index (χ4v) is 1.67. The fourth-order valence-electron chi connectivity index (χ4n) is 1.67. The molecule has 1 aromatic heterocycles. The first-order valence-electron chi connectivity index (χ1n) is 5.72. The highest BCUT2D eigenvalue weighted by Crippen LogP contribution is 2.18. The molecule has 0 unspecified atom stereocenters. The van der Waals surface area contributed by atoms with Crippen LogP contribution in [0.4, 0.5) is 10.1 Å². The Balaban J connectivity index is 2.11. The van der Waals surface area contributed by atoms with Crippen molar-refractivity contribution in [3.8, 4) is 5.75 Å². The van der Waals surface area contributed by atoms with E-state index in [4.69, 9.17) is 0 Å². The highest BCUT2D eigenvalue weighted by Gasteiger charge is 2.04. The Morgan fingerprint density at radius 3 is 2.72 bits per heavy atom. The van der Waals surface area contributed by atoms with Crippen LogP contribution >= 0.6 is 0 Å². The highest BCUT2D eigenvalue weighted by atomic mass is 19.1. The van der Waals surface area contributed by atoms with Gasteiger partial charge < -0.3 is 10.4 Å². The Hall–Kier alpha value is -2.10. The lowest BCUT2D eigenvalue weighted by Gasteiger charge is -2.09. The molecule has 0 bridgehead atoms. The van der Waals surface area contributed by atoms with Crippen LogP contribution in [0.25, 0.3) is 0 Å². The molecule has 0 atom stereocenters. The van der Waals surface area contributed by atoms with Gasteiger partial charge in [-0.25, -0.2) is 4.39 Å². The first kappa shape index (κ1) is 12.4. The smallest absolute Gasteiger partial charge is 0.138 e. The van der Waals surface area contributed by atoms with Gasteiger partial charge in [0, 0.05) is 11.4 Å². The standard InChI is InChI=1S/C14H15FN2O/c1-9-7-11(4-5-12(9)15)16-8-13-14(18)6-3-10(2)17-13/h3-7,16,18H,8H2,1-2H3. The summed E-state index contributed by atoms with van der Waals surface area (Å²) in [7, 11) is 0. The molecule has 2 rings (SSSR count). The van der Waals surface area contributed by atoms with Gasteiger partial charge in [0.25, 0.3) is 0 Å². The van der Waals surface area contributed by atoms with E-state index in [-0.39, 0.29) is 11.6 Å². The number of halogens is 1. The highest BCUT2D eigenvalue weighted by molar-refractivity contribution is 5.46. The van der Waals surface area contributed by atoms with Gasteiger partial charge >= 0.3 is 0 Å². The second-order valence-electron chi connectivity index (χ2n) is 4.24. The minimum absolute atomic E-state index is 0.159. The summed E-state index contributed by atoms with van der Waals surface area (Å²) in [5.74, 6) is -0.0657. The summed E-state index contributed by atoms with van der Waals surface area (Å²) in [4.78, 5) is 4.24. The van der Waals surface area contributed by atoms with E-state index >= 15 is 0 Å². The Bertz CT molecular complexity index is 570. The van der Waals surface area contributed by atoms with Gasteiger partial charge in [-0.3, -0.25) is 4.98 Å². The van der Waals surface area contributed by atoms with Crippen molar-refractivity contribution in [3.05, 3.63) is 53.1 Å². The van der Waals surface area contributed by atoms with E-state index in [1.807, 2.05) is 6.92 Å². The number of pyridine rings is 1. The summed E-state index contributed by atoms with van der Waals surface area (Å²) in [6.07, 6.45) is 0. The van der Waals surface area contributed by atoms with Gasteiger partial charge in [-0.2, -0.15) is 0 Å². The number of anilines is 1. The summed E-state index contributed by atoms with van der Waals surface area (Å²) in [6, 6.07) is 8.18. The van der Waals surface area contributed by atoms with Gasteiger partial charge in [0.15, 0.2) is 0 Å². The predicted molar refractivity (Wildman–Crippen MR) is 69.1 cm³/mol. The summed E-state index contributed by atoms with van der Waals surface area (Å²) >= 11 is 0. The van der Waals surface area contributed by atoms with Crippen LogP contribution in [0.2, 0.25) is 0 Å². The molecule has 0 saturated carbocycles. The topological polar surface area (TPSA) is 45.1 Å². The molecule has 0 fully saturated rings. The molecule has 0 aliphatic heterocycles. The van der Waals surface area contributed by atoms with Crippen LogP contribution in [-0.2, 0) is 6.54 Å². The van der Waals surface area contributed by atoms with E-state index in [0.717, 1.165) is 11.4 Å². The van der Waals surface area contributed by atoms with Crippen LogP contribution in [0.15, 0.2) is 30.3 Å². The molecule has 0 aliphatic carbocycles. The van der Waals surface area contributed by atoms with Crippen LogP contribution in [0, 0.1) is 19.7 Å². The molecule has 0 saturated heterocycles. The molecule has 2 aromatic rings. The largest absolute Gasteiger partial charge is 0.506 e. The third-order valence-electron chi connectivity index (χ3n) is 2.71. The monoisotopic (exact) mass is 246 g/mol. The number of aryl methyl sites for hydroxylation is 2. The normalized spacial score (nSPS) is 10.4. The fraction of sp³-hybridized carbons (Fsp3) is 0.214. The summed E-state index contributed by atoms with van der Waals surface area (Å²) in [6.45, 7) is 3.98. The maximum absolute atomic E-state index is 13.1. The molecule has 0 amide bonds. The van der Waals surface area contributed by atoms with E-state index in [1.54, 1.807) is 31.2 Å². The molecular formula is C14H15FN2O. The number of aromatic nitrogens is 1. The molecule has 2 N–H and O–H groups in total. The van der Waals surface area contributed by atoms with Gasteiger partial charge in [-0.15, -0.1) is 0 Å². The van der Waals surface area contributed by atoms with Gasteiger partial charge in [0.05, 0.1) is 6.54 Å². The predicted octanol–water partition coefficient (Wildman–Crippen LogP) is 3.16. The van der Waals surface area contributed by atoms with Gasteiger partial charge in [0.2, 0.25) is 0 Å². The molecule has 4 heteroatoms. The first-order chi connectivity index (χ1) is 8.56. The molecule has 0 spiro atoms. The van der Waals surface area contributed by atoms with Crippen LogP contribution in [-0.4, -0.2) is 10.1 Å².